The Kier molecular flexibility index (Phi) is 4.99. The zero-order valence-corrected chi connectivity index (χ0v) is 10.4. The number of aryl methyl sites for hydroxylation is 2. The average Bonchev–Trinajstić information content (AvgIpc) is 2.20. The van der Waals surface area contributed by atoms with Crippen molar-refractivity contribution in [1.29, 1.82) is 0 Å². The van der Waals surface area contributed by atoms with Crippen LogP contribution in [-0.4, -0.2) is 23.7 Å². The van der Waals surface area contributed by atoms with Crippen LogP contribution >= 0.6 is 11.8 Å². The number of phenolic OH excluding ortho intramolecular Hbond substituents is 1. The molecule has 0 amide bonds. The lowest BCUT2D eigenvalue weighted by Gasteiger charge is -2.09. The predicted molar refractivity (Wildman–Crippen MR) is 67.7 cm³/mol. The molecule has 0 saturated heterocycles. The van der Waals surface area contributed by atoms with Gasteiger partial charge in [-0.05, 0) is 37.3 Å². The van der Waals surface area contributed by atoms with Crippen LogP contribution < -0.4 is 5.32 Å². The number of aromatic hydroxyl groups is 1. The molecule has 0 radical (unpaired) electrons. The molecule has 1 aromatic carbocycles. The molecule has 3 heteroatoms. The largest absolute Gasteiger partial charge is 0.508 e. The molecule has 0 saturated carbocycles. The number of hydrogen-bond acceptors (Lipinski definition) is 3. The molecule has 2 nitrogen and oxygen atoms in total. The van der Waals surface area contributed by atoms with E-state index >= 15 is 0 Å². The highest BCUT2D eigenvalue weighted by Gasteiger charge is 2.03. The molecule has 0 unspecified atom stereocenters. The molecule has 0 heterocycles. The molecule has 0 aliphatic carbocycles. The Morgan fingerprint density at radius 2 is 1.93 bits per heavy atom. The first kappa shape index (κ1) is 12.4. The maximum atomic E-state index is 9.73. The van der Waals surface area contributed by atoms with Gasteiger partial charge in [0.25, 0.3) is 0 Å². The number of hydrogen-bond donors (Lipinski definition) is 2. The first-order valence-electron chi connectivity index (χ1n) is 5.14. The summed E-state index contributed by atoms with van der Waals surface area (Å²) in [7, 11) is 0. The molecular formula is C12H19NOS. The summed E-state index contributed by atoms with van der Waals surface area (Å²) in [6, 6.07) is 3.89. The van der Waals surface area contributed by atoms with Gasteiger partial charge >= 0.3 is 0 Å². The van der Waals surface area contributed by atoms with E-state index in [1.807, 2.05) is 24.8 Å². The minimum Gasteiger partial charge on any atom is -0.508 e. The number of nitrogens with one attached hydrogen (secondary N) is 1. The quantitative estimate of drug-likeness (QED) is 0.755. The topological polar surface area (TPSA) is 32.3 Å². The van der Waals surface area contributed by atoms with Gasteiger partial charge in [0.2, 0.25) is 0 Å². The maximum absolute atomic E-state index is 9.73. The van der Waals surface area contributed by atoms with E-state index in [9.17, 15) is 5.11 Å². The van der Waals surface area contributed by atoms with Crippen molar-refractivity contribution in [3.63, 3.8) is 0 Å². The molecule has 1 aromatic rings. The number of rotatable bonds is 5. The molecule has 0 aliphatic heterocycles. The molecule has 84 valence electrons. The van der Waals surface area contributed by atoms with E-state index < -0.39 is 0 Å². The third kappa shape index (κ3) is 3.76. The van der Waals surface area contributed by atoms with Crippen LogP contribution in [0.2, 0.25) is 0 Å². The Morgan fingerprint density at radius 1 is 1.27 bits per heavy atom. The van der Waals surface area contributed by atoms with Gasteiger partial charge in [-0.2, -0.15) is 11.8 Å². The molecule has 0 bridgehead atoms. The van der Waals surface area contributed by atoms with Crippen molar-refractivity contribution in [2.75, 3.05) is 18.6 Å². The van der Waals surface area contributed by atoms with Crippen molar-refractivity contribution in [1.82, 2.24) is 5.32 Å². The van der Waals surface area contributed by atoms with Crippen LogP contribution in [0.5, 0.6) is 5.75 Å². The van der Waals surface area contributed by atoms with Gasteiger partial charge in [0, 0.05) is 24.4 Å². The summed E-state index contributed by atoms with van der Waals surface area (Å²) >= 11 is 1.82. The van der Waals surface area contributed by atoms with Gasteiger partial charge in [-0.15, -0.1) is 0 Å². The van der Waals surface area contributed by atoms with E-state index in [0.29, 0.717) is 5.75 Å². The standard InChI is InChI=1S/C12H19NOS/c1-9-6-11(8-13-4-5-15-3)12(14)7-10(9)2/h6-7,13-14H,4-5,8H2,1-3H3. The number of benzene rings is 1. The third-order valence-corrected chi connectivity index (χ3v) is 3.11. The fraction of sp³-hybridized carbons (Fsp3) is 0.500. The first-order valence-corrected chi connectivity index (χ1v) is 6.53. The average molecular weight is 225 g/mol. The zero-order valence-electron chi connectivity index (χ0n) is 9.63. The monoisotopic (exact) mass is 225 g/mol. The highest BCUT2D eigenvalue weighted by Crippen LogP contribution is 2.21. The smallest absolute Gasteiger partial charge is 0.120 e. The van der Waals surface area contributed by atoms with Gasteiger partial charge < -0.3 is 10.4 Å². The summed E-state index contributed by atoms with van der Waals surface area (Å²) in [4.78, 5) is 0. The second-order valence-corrected chi connectivity index (χ2v) is 4.72. The first-order chi connectivity index (χ1) is 7.15. The van der Waals surface area contributed by atoms with Gasteiger partial charge in [-0.1, -0.05) is 6.07 Å². The Labute approximate surface area is 96.1 Å². The summed E-state index contributed by atoms with van der Waals surface area (Å²) in [5.74, 6) is 1.50. The molecule has 0 fully saturated rings. The van der Waals surface area contributed by atoms with Crippen LogP contribution in [0.3, 0.4) is 0 Å². The van der Waals surface area contributed by atoms with Gasteiger partial charge in [0.15, 0.2) is 0 Å². The van der Waals surface area contributed by atoms with Crippen molar-refractivity contribution in [3.05, 3.63) is 28.8 Å². The molecule has 0 aromatic heterocycles. The van der Waals surface area contributed by atoms with E-state index in [1.54, 1.807) is 0 Å². The van der Waals surface area contributed by atoms with Gasteiger partial charge in [-0.3, -0.25) is 0 Å². The Hall–Kier alpha value is -0.670. The van der Waals surface area contributed by atoms with Crippen LogP contribution in [0, 0.1) is 13.8 Å². The summed E-state index contributed by atoms with van der Waals surface area (Å²) in [5.41, 5.74) is 3.36. The van der Waals surface area contributed by atoms with Crippen LogP contribution in [0.1, 0.15) is 16.7 Å². The fourth-order valence-corrected chi connectivity index (χ4v) is 1.75. The predicted octanol–water partition coefficient (Wildman–Crippen LogP) is 2.46. The summed E-state index contributed by atoms with van der Waals surface area (Å²) < 4.78 is 0. The zero-order chi connectivity index (χ0) is 11.3. The molecular weight excluding hydrogens is 206 g/mol. The SMILES string of the molecule is CSCCNCc1cc(C)c(C)cc1O. The van der Waals surface area contributed by atoms with E-state index in [-0.39, 0.29) is 0 Å². The van der Waals surface area contributed by atoms with Gasteiger partial charge in [0.1, 0.15) is 5.75 Å². The maximum Gasteiger partial charge on any atom is 0.120 e. The molecule has 0 atom stereocenters. The third-order valence-electron chi connectivity index (χ3n) is 2.49. The number of phenols is 1. The van der Waals surface area contributed by atoms with Crippen LogP contribution in [-0.2, 0) is 6.54 Å². The minimum atomic E-state index is 0.398. The second-order valence-electron chi connectivity index (χ2n) is 3.73. The minimum absolute atomic E-state index is 0.398. The highest BCUT2D eigenvalue weighted by molar-refractivity contribution is 7.98. The summed E-state index contributed by atoms with van der Waals surface area (Å²) in [6.07, 6.45) is 2.09. The van der Waals surface area contributed by atoms with Crippen molar-refractivity contribution in [2.24, 2.45) is 0 Å². The van der Waals surface area contributed by atoms with Crippen LogP contribution in [0.4, 0.5) is 0 Å². The lowest BCUT2D eigenvalue weighted by atomic mass is 10.1. The lowest BCUT2D eigenvalue weighted by Crippen LogP contribution is -2.16. The lowest BCUT2D eigenvalue weighted by molar-refractivity contribution is 0.464. The van der Waals surface area contributed by atoms with Gasteiger partial charge in [0.05, 0.1) is 0 Å². The molecule has 0 spiro atoms. The van der Waals surface area contributed by atoms with Crippen molar-refractivity contribution < 1.29 is 5.11 Å². The van der Waals surface area contributed by atoms with E-state index in [1.165, 1.54) is 5.56 Å². The summed E-state index contributed by atoms with van der Waals surface area (Å²) in [5, 5.41) is 13.0. The number of thioether (sulfide) groups is 1. The van der Waals surface area contributed by atoms with Crippen LogP contribution in [0.25, 0.3) is 0 Å². The van der Waals surface area contributed by atoms with Crippen molar-refractivity contribution in [2.45, 2.75) is 20.4 Å². The summed E-state index contributed by atoms with van der Waals surface area (Å²) in [6.45, 7) is 5.81. The molecule has 1 rings (SSSR count). The van der Waals surface area contributed by atoms with Crippen molar-refractivity contribution in [3.8, 4) is 5.75 Å². The van der Waals surface area contributed by atoms with Gasteiger partial charge in [-0.25, -0.2) is 0 Å². The highest BCUT2D eigenvalue weighted by atomic mass is 32.2. The van der Waals surface area contributed by atoms with E-state index in [0.717, 1.165) is 30.0 Å². The van der Waals surface area contributed by atoms with Crippen molar-refractivity contribution >= 4 is 11.8 Å². The fourth-order valence-electron chi connectivity index (χ4n) is 1.40. The van der Waals surface area contributed by atoms with E-state index in [4.69, 9.17) is 0 Å². The Balaban J connectivity index is 2.57. The van der Waals surface area contributed by atoms with Crippen LogP contribution in [0.15, 0.2) is 12.1 Å². The molecule has 15 heavy (non-hydrogen) atoms. The molecule has 2 N–H and O–H groups in total. The normalized spacial score (nSPS) is 10.6. The molecule has 0 aliphatic rings. The second kappa shape index (κ2) is 6.03. The van der Waals surface area contributed by atoms with E-state index in [2.05, 4.69) is 24.6 Å². The Bertz CT molecular complexity index is 326. The Morgan fingerprint density at radius 3 is 2.60 bits per heavy atom.